The molecule has 170 valence electrons. The van der Waals surface area contributed by atoms with E-state index in [2.05, 4.69) is 36.4 Å². The van der Waals surface area contributed by atoms with Gasteiger partial charge in [-0.15, -0.1) is 11.3 Å². The molecule has 1 saturated heterocycles. The topological polar surface area (TPSA) is 91.4 Å². The predicted octanol–water partition coefficient (Wildman–Crippen LogP) is 4.27. The minimum absolute atomic E-state index is 0.235. The molecule has 7 nitrogen and oxygen atoms in total. The molecule has 2 N–H and O–H groups in total. The van der Waals surface area contributed by atoms with Crippen molar-refractivity contribution in [3.05, 3.63) is 10.6 Å². The summed E-state index contributed by atoms with van der Waals surface area (Å²) in [6.07, 6.45) is 9.67. The van der Waals surface area contributed by atoms with Gasteiger partial charge in [0.1, 0.15) is 12.1 Å². The van der Waals surface area contributed by atoms with Crippen molar-refractivity contribution in [3.8, 4) is 0 Å². The molecule has 4 rings (SSSR count). The van der Waals surface area contributed by atoms with Gasteiger partial charge in [0.05, 0.1) is 5.69 Å². The summed E-state index contributed by atoms with van der Waals surface area (Å²) in [5.41, 5.74) is 0.480. The quantitative estimate of drug-likeness (QED) is 0.522. The maximum atomic E-state index is 13.2. The predicted molar refractivity (Wildman–Crippen MR) is 121 cm³/mol. The lowest BCUT2D eigenvalue weighted by molar-refractivity contribution is -0.135. The highest BCUT2D eigenvalue weighted by atomic mass is 32.1. The van der Waals surface area contributed by atoms with E-state index < -0.39 is 11.6 Å². The van der Waals surface area contributed by atoms with Crippen molar-refractivity contribution in [1.29, 1.82) is 0 Å². The highest BCUT2D eigenvalue weighted by molar-refractivity contribution is 7.15. The van der Waals surface area contributed by atoms with Crippen LogP contribution in [0.1, 0.15) is 82.7 Å². The van der Waals surface area contributed by atoms with Gasteiger partial charge in [-0.25, -0.2) is 9.78 Å². The first-order valence-electron chi connectivity index (χ1n) is 11.7. The van der Waals surface area contributed by atoms with Gasteiger partial charge in [0.2, 0.25) is 5.91 Å². The van der Waals surface area contributed by atoms with Gasteiger partial charge in [-0.05, 0) is 62.7 Å². The van der Waals surface area contributed by atoms with Gasteiger partial charge in [0.25, 0.3) is 5.91 Å². The van der Waals surface area contributed by atoms with Crippen molar-refractivity contribution < 1.29 is 14.4 Å². The second-order valence-electron chi connectivity index (χ2n) is 10.0. The molecule has 0 radical (unpaired) electrons. The zero-order valence-corrected chi connectivity index (χ0v) is 19.7. The molecule has 1 aliphatic heterocycles. The molecular weight excluding hydrogens is 412 g/mol. The molecule has 0 aromatic carbocycles. The number of fused-ring (bicyclic) bond motifs is 1. The monoisotopic (exact) mass is 446 g/mol. The van der Waals surface area contributed by atoms with Crippen LogP contribution in [0.2, 0.25) is 0 Å². The number of carbonyl (C=O) groups is 3. The zero-order chi connectivity index (χ0) is 22.2. The van der Waals surface area contributed by atoms with E-state index in [0.29, 0.717) is 23.9 Å². The normalized spacial score (nSPS) is 26.5. The molecule has 1 saturated carbocycles. The van der Waals surface area contributed by atoms with Crippen LogP contribution in [-0.4, -0.2) is 39.8 Å². The molecule has 8 heteroatoms. The number of nitrogens with one attached hydrogen (secondary N) is 2. The number of rotatable bonds is 5. The largest absolute Gasteiger partial charge is 0.325 e. The lowest BCUT2D eigenvalue weighted by Crippen LogP contribution is -2.51. The third kappa shape index (κ3) is 4.36. The van der Waals surface area contributed by atoms with Crippen molar-refractivity contribution in [1.82, 2.24) is 15.2 Å². The van der Waals surface area contributed by atoms with Crippen LogP contribution >= 0.6 is 11.3 Å². The fourth-order valence-electron chi connectivity index (χ4n) is 5.22. The smallest absolute Gasteiger partial charge is 0.323 e. The Labute approximate surface area is 188 Å². The SMILES string of the molecule is CCC(C)(C)C1CCC2(CC1)NC(=O)N(CC(=O)Nc1nc3c(s1)CCCCC3)C2=O. The third-order valence-corrected chi connectivity index (χ3v) is 8.82. The molecule has 0 bridgehead atoms. The molecule has 31 heavy (non-hydrogen) atoms. The summed E-state index contributed by atoms with van der Waals surface area (Å²) < 4.78 is 0. The van der Waals surface area contributed by atoms with Crippen LogP contribution in [0, 0.1) is 11.3 Å². The van der Waals surface area contributed by atoms with E-state index >= 15 is 0 Å². The number of aromatic nitrogens is 1. The summed E-state index contributed by atoms with van der Waals surface area (Å²) in [6, 6.07) is -0.455. The minimum Gasteiger partial charge on any atom is -0.323 e. The van der Waals surface area contributed by atoms with E-state index in [0.717, 1.165) is 55.5 Å². The highest BCUT2D eigenvalue weighted by Gasteiger charge is 2.53. The standard InChI is InChI=1S/C23H34N4O3S/c1-4-22(2,3)15-10-12-23(13-11-15)19(29)27(21(30)26-23)14-18(28)25-20-24-16-8-6-5-7-9-17(16)31-20/h15H,4-14H2,1-3H3,(H,26,30)(H,24,25,28). The average Bonchev–Trinajstić information content (AvgIpc) is 3.11. The first-order chi connectivity index (χ1) is 14.7. The van der Waals surface area contributed by atoms with Gasteiger partial charge in [0, 0.05) is 4.88 Å². The van der Waals surface area contributed by atoms with Crippen LogP contribution in [0.3, 0.4) is 0 Å². The van der Waals surface area contributed by atoms with E-state index in [1.54, 1.807) is 0 Å². The van der Waals surface area contributed by atoms with Gasteiger partial charge in [-0.2, -0.15) is 0 Å². The maximum absolute atomic E-state index is 13.2. The third-order valence-electron chi connectivity index (χ3n) is 7.75. The van der Waals surface area contributed by atoms with E-state index in [9.17, 15) is 14.4 Å². The second kappa shape index (κ2) is 8.52. The van der Waals surface area contributed by atoms with E-state index in [4.69, 9.17) is 0 Å². The number of hydrogen-bond donors (Lipinski definition) is 2. The molecule has 1 aromatic rings. The molecular formula is C23H34N4O3S. The Hall–Kier alpha value is -1.96. The number of imide groups is 1. The molecule has 0 atom stereocenters. The van der Waals surface area contributed by atoms with Crippen molar-refractivity contribution in [3.63, 3.8) is 0 Å². The van der Waals surface area contributed by atoms with E-state index in [1.807, 2.05) is 0 Å². The van der Waals surface area contributed by atoms with Crippen LogP contribution in [0.4, 0.5) is 9.93 Å². The lowest BCUT2D eigenvalue weighted by atomic mass is 9.65. The number of hydrogen-bond acceptors (Lipinski definition) is 5. The van der Waals surface area contributed by atoms with Gasteiger partial charge >= 0.3 is 6.03 Å². The van der Waals surface area contributed by atoms with E-state index in [-0.39, 0.29) is 23.8 Å². The summed E-state index contributed by atoms with van der Waals surface area (Å²) in [6.45, 7) is 6.49. The fraction of sp³-hybridized carbons (Fsp3) is 0.739. The Morgan fingerprint density at radius 2 is 1.94 bits per heavy atom. The molecule has 0 unspecified atom stereocenters. The first kappa shape index (κ1) is 22.2. The summed E-state index contributed by atoms with van der Waals surface area (Å²) in [4.78, 5) is 45.2. The minimum atomic E-state index is -0.837. The van der Waals surface area contributed by atoms with Crippen LogP contribution in [0.25, 0.3) is 0 Å². The highest BCUT2D eigenvalue weighted by Crippen LogP contribution is 2.45. The summed E-state index contributed by atoms with van der Waals surface area (Å²) in [7, 11) is 0. The zero-order valence-electron chi connectivity index (χ0n) is 18.9. The first-order valence-corrected chi connectivity index (χ1v) is 12.5. The Kier molecular flexibility index (Phi) is 6.12. The van der Waals surface area contributed by atoms with Gasteiger partial charge < -0.3 is 10.6 Å². The number of carbonyl (C=O) groups excluding carboxylic acids is 3. The van der Waals surface area contributed by atoms with Gasteiger partial charge in [-0.1, -0.05) is 33.6 Å². The van der Waals surface area contributed by atoms with Crippen LogP contribution in [-0.2, 0) is 22.4 Å². The van der Waals surface area contributed by atoms with Crippen LogP contribution in [0.15, 0.2) is 0 Å². The lowest BCUT2D eigenvalue weighted by Gasteiger charge is -2.42. The Morgan fingerprint density at radius 3 is 2.65 bits per heavy atom. The molecule has 2 fully saturated rings. The van der Waals surface area contributed by atoms with Crippen molar-refractivity contribution in [2.24, 2.45) is 11.3 Å². The molecule has 1 spiro atoms. The number of aryl methyl sites for hydroxylation is 2. The van der Waals surface area contributed by atoms with Gasteiger partial charge in [0.15, 0.2) is 5.13 Å². The Balaban J connectivity index is 1.37. The maximum Gasteiger partial charge on any atom is 0.325 e. The molecule has 3 aliphatic rings. The van der Waals surface area contributed by atoms with Crippen molar-refractivity contribution in [2.75, 3.05) is 11.9 Å². The number of nitrogens with zero attached hydrogens (tertiary/aromatic N) is 2. The summed E-state index contributed by atoms with van der Waals surface area (Å²) in [5, 5.41) is 6.30. The Morgan fingerprint density at radius 1 is 1.23 bits per heavy atom. The molecule has 1 aromatic heterocycles. The Bertz CT molecular complexity index is 847. The molecule has 4 amide bonds. The van der Waals surface area contributed by atoms with Crippen molar-refractivity contribution in [2.45, 2.75) is 90.5 Å². The fourth-order valence-corrected chi connectivity index (χ4v) is 6.29. The summed E-state index contributed by atoms with van der Waals surface area (Å²) in [5.74, 6) is -0.0779. The van der Waals surface area contributed by atoms with Crippen LogP contribution < -0.4 is 10.6 Å². The van der Waals surface area contributed by atoms with Gasteiger partial charge in [-0.3, -0.25) is 14.5 Å². The molecule has 2 aliphatic carbocycles. The number of amides is 4. The number of anilines is 1. The molecule has 2 heterocycles. The number of urea groups is 1. The van der Waals surface area contributed by atoms with Crippen LogP contribution in [0.5, 0.6) is 0 Å². The van der Waals surface area contributed by atoms with E-state index in [1.165, 1.54) is 22.6 Å². The average molecular weight is 447 g/mol. The number of thiazole rings is 1. The summed E-state index contributed by atoms with van der Waals surface area (Å²) >= 11 is 1.52. The van der Waals surface area contributed by atoms with Crippen molar-refractivity contribution >= 4 is 34.3 Å². The second-order valence-corrected chi connectivity index (χ2v) is 11.1.